The lowest BCUT2D eigenvalue weighted by molar-refractivity contribution is -0.136. The third-order valence-corrected chi connectivity index (χ3v) is 3.99. The maximum Gasteiger partial charge on any atom is 0.253 e. The number of benzene rings is 1. The van der Waals surface area contributed by atoms with Crippen LogP contribution in [0, 0.1) is 5.92 Å². The van der Waals surface area contributed by atoms with Gasteiger partial charge in [-0.05, 0) is 24.3 Å². The molecular weight excluding hydrogens is 318 g/mol. The number of hydrogen-bond donors (Lipinski definition) is 1. The van der Waals surface area contributed by atoms with Crippen LogP contribution >= 0.6 is 12.4 Å². The van der Waals surface area contributed by atoms with Gasteiger partial charge in [0.15, 0.2) is 0 Å². The fourth-order valence-corrected chi connectivity index (χ4v) is 2.46. The van der Waals surface area contributed by atoms with E-state index < -0.39 is 0 Å². The number of piperazine rings is 1. The molecule has 0 aliphatic carbocycles. The van der Waals surface area contributed by atoms with Crippen LogP contribution in [0.15, 0.2) is 24.3 Å². The molecule has 7 heteroatoms. The predicted molar refractivity (Wildman–Crippen MR) is 90.9 cm³/mol. The number of ether oxygens (including phenoxy) is 1. The van der Waals surface area contributed by atoms with E-state index in [0.717, 1.165) is 5.75 Å². The van der Waals surface area contributed by atoms with E-state index in [4.69, 9.17) is 10.5 Å². The van der Waals surface area contributed by atoms with Crippen molar-refractivity contribution >= 4 is 24.2 Å². The van der Waals surface area contributed by atoms with Gasteiger partial charge < -0.3 is 20.3 Å². The monoisotopic (exact) mass is 341 g/mol. The molecule has 1 fully saturated rings. The normalized spacial score (nSPS) is 15.6. The van der Waals surface area contributed by atoms with Crippen molar-refractivity contribution in [1.82, 2.24) is 9.80 Å². The molecule has 1 aromatic rings. The lowest BCUT2D eigenvalue weighted by atomic mass is 10.1. The Bertz CT molecular complexity index is 528. The van der Waals surface area contributed by atoms with Crippen molar-refractivity contribution in [2.24, 2.45) is 11.7 Å². The maximum atomic E-state index is 12.4. The number of halogens is 1. The number of nitrogens with two attached hydrogens (primary N) is 1. The molecule has 0 aromatic heterocycles. The van der Waals surface area contributed by atoms with Crippen LogP contribution in [0.3, 0.4) is 0 Å². The van der Waals surface area contributed by atoms with E-state index in [-0.39, 0.29) is 30.1 Å². The van der Waals surface area contributed by atoms with E-state index in [1.165, 1.54) is 0 Å². The highest BCUT2D eigenvalue weighted by Gasteiger charge is 2.26. The second kappa shape index (κ2) is 8.74. The predicted octanol–water partition coefficient (Wildman–Crippen LogP) is 0.996. The summed E-state index contributed by atoms with van der Waals surface area (Å²) < 4.78 is 5.09. The van der Waals surface area contributed by atoms with Crippen LogP contribution in [0.2, 0.25) is 0 Å². The molecule has 1 saturated heterocycles. The highest BCUT2D eigenvalue weighted by Crippen LogP contribution is 2.15. The molecule has 2 rings (SSSR count). The molecule has 0 spiro atoms. The van der Waals surface area contributed by atoms with Gasteiger partial charge in [0.25, 0.3) is 5.91 Å². The van der Waals surface area contributed by atoms with Crippen LogP contribution in [0.1, 0.15) is 17.3 Å². The fraction of sp³-hybridized carbons (Fsp3) is 0.500. The van der Waals surface area contributed by atoms with Crippen LogP contribution in [0.25, 0.3) is 0 Å². The third-order valence-electron chi connectivity index (χ3n) is 3.99. The van der Waals surface area contributed by atoms with Crippen molar-refractivity contribution in [2.45, 2.75) is 6.92 Å². The summed E-state index contributed by atoms with van der Waals surface area (Å²) >= 11 is 0. The summed E-state index contributed by atoms with van der Waals surface area (Å²) in [5.74, 6) is 0.618. The molecule has 1 unspecified atom stereocenters. The molecule has 128 valence electrons. The Morgan fingerprint density at radius 2 is 1.65 bits per heavy atom. The highest BCUT2D eigenvalue weighted by molar-refractivity contribution is 5.94. The van der Waals surface area contributed by atoms with Gasteiger partial charge in [0.1, 0.15) is 5.75 Å². The summed E-state index contributed by atoms with van der Waals surface area (Å²) in [6.07, 6.45) is 0. The van der Waals surface area contributed by atoms with Gasteiger partial charge in [-0.25, -0.2) is 0 Å². The van der Waals surface area contributed by atoms with Crippen molar-refractivity contribution in [3.8, 4) is 5.75 Å². The Labute approximate surface area is 143 Å². The second-order valence-corrected chi connectivity index (χ2v) is 5.48. The SMILES string of the molecule is COc1ccc(C(=O)N2CCN(C(=O)C(C)CN)CC2)cc1.Cl. The zero-order valence-electron chi connectivity index (χ0n) is 13.5. The Morgan fingerprint density at radius 1 is 1.13 bits per heavy atom. The minimum absolute atomic E-state index is 0. The first-order chi connectivity index (χ1) is 10.6. The molecule has 0 radical (unpaired) electrons. The van der Waals surface area contributed by atoms with E-state index in [9.17, 15) is 9.59 Å². The van der Waals surface area contributed by atoms with Gasteiger partial charge in [0.05, 0.1) is 7.11 Å². The van der Waals surface area contributed by atoms with E-state index >= 15 is 0 Å². The molecule has 0 saturated carbocycles. The van der Waals surface area contributed by atoms with Crippen molar-refractivity contribution in [1.29, 1.82) is 0 Å². The van der Waals surface area contributed by atoms with E-state index in [1.54, 1.807) is 41.2 Å². The van der Waals surface area contributed by atoms with Crippen LogP contribution < -0.4 is 10.5 Å². The quantitative estimate of drug-likeness (QED) is 0.886. The summed E-state index contributed by atoms with van der Waals surface area (Å²) in [6, 6.07) is 7.07. The Morgan fingerprint density at radius 3 is 2.13 bits per heavy atom. The molecule has 1 aromatic carbocycles. The standard InChI is InChI=1S/C16H23N3O3.ClH/c1-12(11-17)15(20)18-7-9-19(10-8-18)16(21)13-3-5-14(22-2)6-4-13;/h3-6,12H,7-11,17H2,1-2H3;1H. The van der Waals surface area contributed by atoms with Crippen LogP contribution in [-0.2, 0) is 4.79 Å². The molecule has 0 bridgehead atoms. The molecule has 1 aliphatic heterocycles. The number of amides is 2. The van der Waals surface area contributed by atoms with Crippen molar-refractivity contribution in [3.63, 3.8) is 0 Å². The molecule has 1 aliphatic rings. The number of methoxy groups -OCH3 is 1. The van der Waals surface area contributed by atoms with E-state index in [2.05, 4.69) is 0 Å². The van der Waals surface area contributed by atoms with Gasteiger partial charge in [0, 0.05) is 44.2 Å². The number of nitrogens with zero attached hydrogens (tertiary/aromatic N) is 2. The second-order valence-electron chi connectivity index (χ2n) is 5.48. The Balaban J connectivity index is 0.00000264. The molecule has 2 amide bonds. The van der Waals surface area contributed by atoms with E-state index in [1.807, 2.05) is 6.92 Å². The smallest absolute Gasteiger partial charge is 0.253 e. The van der Waals surface area contributed by atoms with Crippen molar-refractivity contribution < 1.29 is 14.3 Å². The fourth-order valence-electron chi connectivity index (χ4n) is 2.46. The van der Waals surface area contributed by atoms with Gasteiger partial charge >= 0.3 is 0 Å². The summed E-state index contributed by atoms with van der Waals surface area (Å²) in [4.78, 5) is 28.1. The average Bonchev–Trinajstić information content (AvgIpc) is 2.60. The maximum absolute atomic E-state index is 12.4. The highest BCUT2D eigenvalue weighted by atomic mass is 35.5. The first kappa shape index (κ1) is 19.3. The molecule has 6 nitrogen and oxygen atoms in total. The zero-order valence-corrected chi connectivity index (χ0v) is 14.3. The first-order valence-electron chi connectivity index (χ1n) is 7.49. The zero-order chi connectivity index (χ0) is 16.1. The summed E-state index contributed by atoms with van der Waals surface area (Å²) in [7, 11) is 1.59. The van der Waals surface area contributed by atoms with Crippen LogP contribution in [0.4, 0.5) is 0 Å². The van der Waals surface area contributed by atoms with Gasteiger partial charge in [-0.3, -0.25) is 9.59 Å². The number of carbonyl (C=O) groups excluding carboxylic acids is 2. The summed E-state index contributed by atoms with van der Waals surface area (Å²) in [5.41, 5.74) is 6.17. The minimum atomic E-state index is -0.163. The van der Waals surface area contributed by atoms with Crippen molar-refractivity contribution in [3.05, 3.63) is 29.8 Å². The van der Waals surface area contributed by atoms with E-state index in [0.29, 0.717) is 38.3 Å². The molecule has 1 heterocycles. The number of carbonyl (C=O) groups is 2. The Hall–Kier alpha value is -1.79. The third kappa shape index (κ3) is 4.59. The first-order valence-corrected chi connectivity index (χ1v) is 7.49. The topological polar surface area (TPSA) is 75.9 Å². The van der Waals surface area contributed by atoms with Crippen LogP contribution in [0.5, 0.6) is 5.75 Å². The minimum Gasteiger partial charge on any atom is -0.497 e. The van der Waals surface area contributed by atoms with Crippen molar-refractivity contribution in [2.75, 3.05) is 39.8 Å². The summed E-state index contributed by atoms with van der Waals surface area (Å²) in [5, 5.41) is 0. The van der Waals surface area contributed by atoms with Crippen LogP contribution in [-0.4, -0.2) is 61.4 Å². The largest absolute Gasteiger partial charge is 0.497 e. The lowest BCUT2D eigenvalue weighted by Crippen LogP contribution is -2.52. The molecule has 2 N–H and O–H groups in total. The number of hydrogen-bond acceptors (Lipinski definition) is 4. The van der Waals surface area contributed by atoms with Gasteiger partial charge in [-0.2, -0.15) is 0 Å². The van der Waals surface area contributed by atoms with Gasteiger partial charge in [-0.1, -0.05) is 6.92 Å². The average molecular weight is 342 g/mol. The molecular formula is C16H24ClN3O3. The molecule has 1 atom stereocenters. The summed E-state index contributed by atoms with van der Waals surface area (Å²) in [6.45, 7) is 4.40. The Kier molecular flexibility index (Phi) is 7.32. The number of rotatable bonds is 4. The van der Waals surface area contributed by atoms with Gasteiger partial charge in [0.2, 0.25) is 5.91 Å². The molecule has 23 heavy (non-hydrogen) atoms. The van der Waals surface area contributed by atoms with Gasteiger partial charge in [-0.15, -0.1) is 12.4 Å². The lowest BCUT2D eigenvalue weighted by Gasteiger charge is -2.36.